The fourth-order valence-corrected chi connectivity index (χ4v) is 2.67. The number of rotatable bonds is 2. The van der Waals surface area contributed by atoms with Gasteiger partial charge in [-0.25, -0.2) is 4.79 Å². The summed E-state index contributed by atoms with van der Waals surface area (Å²) in [6.07, 6.45) is 0. The Morgan fingerprint density at radius 2 is 2.11 bits per heavy atom. The maximum atomic E-state index is 12.0. The van der Waals surface area contributed by atoms with Crippen molar-refractivity contribution in [3.05, 3.63) is 28.0 Å². The minimum Gasteiger partial charge on any atom is -0.378 e. The third-order valence-corrected chi connectivity index (χ3v) is 3.90. The van der Waals surface area contributed by atoms with Crippen molar-refractivity contribution < 1.29 is 4.74 Å². The molecule has 100 valence electrons. The number of morpholine rings is 1. The van der Waals surface area contributed by atoms with Crippen molar-refractivity contribution in [1.82, 2.24) is 14.5 Å². The lowest BCUT2D eigenvalue weighted by atomic mass is 10.4. The minimum atomic E-state index is -0.278. The molecule has 1 aliphatic heterocycles. The van der Waals surface area contributed by atoms with Gasteiger partial charge in [0.05, 0.1) is 18.1 Å². The van der Waals surface area contributed by atoms with Gasteiger partial charge in [-0.2, -0.15) is 9.97 Å². The van der Waals surface area contributed by atoms with E-state index < -0.39 is 0 Å². The summed E-state index contributed by atoms with van der Waals surface area (Å²) >= 11 is 1.53. The standard InChI is InChI=1S/C12H14N4O2S/c1-15-11(16-4-6-18-7-5-16)13-10(14-12(15)17)9-3-2-8-19-9/h2-3,8H,4-7H2,1H3. The van der Waals surface area contributed by atoms with Crippen molar-refractivity contribution in [1.29, 1.82) is 0 Å². The van der Waals surface area contributed by atoms with Crippen LogP contribution in [0, 0.1) is 0 Å². The summed E-state index contributed by atoms with van der Waals surface area (Å²) in [6, 6.07) is 3.85. The molecule has 1 aliphatic rings. The summed E-state index contributed by atoms with van der Waals surface area (Å²) in [4.78, 5) is 23.5. The molecule has 0 radical (unpaired) electrons. The number of thiophene rings is 1. The van der Waals surface area contributed by atoms with Gasteiger partial charge in [-0.05, 0) is 11.4 Å². The van der Waals surface area contributed by atoms with E-state index in [0.717, 1.165) is 18.0 Å². The quantitative estimate of drug-likeness (QED) is 0.811. The number of nitrogens with zero attached hydrogens (tertiary/aromatic N) is 4. The van der Waals surface area contributed by atoms with E-state index in [9.17, 15) is 4.79 Å². The molecule has 0 bridgehead atoms. The molecular formula is C12H14N4O2S. The van der Waals surface area contributed by atoms with E-state index in [0.29, 0.717) is 25.0 Å². The highest BCUT2D eigenvalue weighted by Gasteiger charge is 2.18. The van der Waals surface area contributed by atoms with Crippen LogP contribution in [-0.4, -0.2) is 40.8 Å². The third-order valence-electron chi connectivity index (χ3n) is 3.03. The van der Waals surface area contributed by atoms with E-state index in [2.05, 4.69) is 14.9 Å². The van der Waals surface area contributed by atoms with E-state index in [1.807, 2.05) is 17.5 Å². The summed E-state index contributed by atoms with van der Waals surface area (Å²) in [5, 5.41) is 1.95. The first-order chi connectivity index (χ1) is 9.25. The molecule has 0 aliphatic carbocycles. The van der Waals surface area contributed by atoms with Gasteiger partial charge in [0, 0.05) is 20.1 Å². The predicted molar refractivity (Wildman–Crippen MR) is 73.6 cm³/mol. The fourth-order valence-electron chi connectivity index (χ4n) is 2.01. The predicted octanol–water partition coefficient (Wildman–Crippen LogP) is 0.740. The van der Waals surface area contributed by atoms with Gasteiger partial charge in [0.25, 0.3) is 0 Å². The summed E-state index contributed by atoms with van der Waals surface area (Å²) < 4.78 is 6.81. The molecule has 0 spiro atoms. The lowest BCUT2D eigenvalue weighted by Crippen LogP contribution is -2.40. The Hall–Kier alpha value is -1.73. The lowest BCUT2D eigenvalue weighted by Gasteiger charge is -2.28. The van der Waals surface area contributed by atoms with E-state index in [-0.39, 0.29) is 5.69 Å². The van der Waals surface area contributed by atoms with Crippen molar-refractivity contribution in [2.24, 2.45) is 7.05 Å². The van der Waals surface area contributed by atoms with Crippen molar-refractivity contribution in [3.63, 3.8) is 0 Å². The molecule has 3 rings (SSSR count). The number of hydrogen-bond donors (Lipinski definition) is 0. The van der Waals surface area contributed by atoms with E-state index >= 15 is 0 Å². The van der Waals surface area contributed by atoms with Crippen LogP contribution in [0.1, 0.15) is 0 Å². The van der Waals surface area contributed by atoms with Crippen LogP contribution in [0.2, 0.25) is 0 Å². The van der Waals surface area contributed by atoms with Crippen molar-refractivity contribution in [3.8, 4) is 10.7 Å². The maximum Gasteiger partial charge on any atom is 0.352 e. The van der Waals surface area contributed by atoms with E-state index in [1.54, 1.807) is 7.05 Å². The second kappa shape index (κ2) is 5.10. The third kappa shape index (κ3) is 2.39. The molecular weight excluding hydrogens is 264 g/mol. The number of ether oxygens (including phenoxy) is 1. The molecule has 1 saturated heterocycles. The highest BCUT2D eigenvalue weighted by Crippen LogP contribution is 2.21. The topological polar surface area (TPSA) is 60.2 Å². The summed E-state index contributed by atoms with van der Waals surface area (Å²) in [7, 11) is 1.70. The maximum absolute atomic E-state index is 12.0. The fraction of sp³-hybridized carbons (Fsp3) is 0.417. The van der Waals surface area contributed by atoms with Crippen LogP contribution in [-0.2, 0) is 11.8 Å². The number of aromatic nitrogens is 3. The highest BCUT2D eigenvalue weighted by atomic mass is 32.1. The zero-order valence-corrected chi connectivity index (χ0v) is 11.4. The molecule has 2 aromatic heterocycles. The Morgan fingerprint density at radius 3 is 2.79 bits per heavy atom. The van der Waals surface area contributed by atoms with Gasteiger partial charge < -0.3 is 9.64 Å². The molecule has 0 unspecified atom stereocenters. The molecule has 1 fully saturated rings. The van der Waals surface area contributed by atoms with E-state index in [1.165, 1.54) is 15.9 Å². The van der Waals surface area contributed by atoms with Crippen LogP contribution in [0.4, 0.5) is 5.95 Å². The summed E-state index contributed by atoms with van der Waals surface area (Å²) in [5.41, 5.74) is -0.278. The van der Waals surface area contributed by atoms with Gasteiger partial charge in [0.1, 0.15) is 0 Å². The SMILES string of the molecule is Cn1c(N2CCOCC2)nc(-c2cccs2)nc1=O. The Morgan fingerprint density at radius 1 is 1.32 bits per heavy atom. The molecule has 0 saturated carbocycles. The monoisotopic (exact) mass is 278 g/mol. The first-order valence-corrected chi connectivity index (χ1v) is 6.95. The Bertz CT molecular complexity index is 617. The van der Waals surface area contributed by atoms with Crippen LogP contribution in [0.25, 0.3) is 10.7 Å². The Kier molecular flexibility index (Phi) is 3.31. The number of hydrogen-bond acceptors (Lipinski definition) is 6. The second-order valence-electron chi connectivity index (χ2n) is 4.27. The van der Waals surface area contributed by atoms with Gasteiger partial charge >= 0.3 is 5.69 Å². The molecule has 0 aromatic carbocycles. The smallest absolute Gasteiger partial charge is 0.352 e. The van der Waals surface area contributed by atoms with Crippen LogP contribution >= 0.6 is 11.3 Å². The second-order valence-corrected chi connectivity index (χ2v) is 5.21. The largest absolute Gasteiger partial charge is 0.378 e. The normalized spacial score (nSPS) is 15.7. The van der Waals surface area contributed by atoms with Crippen molar-refractivity contribution in [2.45, 2.75) is 0 Å². The molecule has 6 nitrogen and oxygen atoms in total. The summed E-state index contributed by atoms with van der Waals surface area (Å²) in [6.45, 7) is 2.81. The average molecular weight is 278 g/mol. The molecule has 0 N–H and O–H groups in total. The van der Waals surface area contributed by atoms with Crippen LogP contribution < -0.4 is 10.6 Å². The first-order valence-electron chi connectivity index (χ1n) is 6.07. The molecule has 0 amide bonds. The number of anilines is 1. The molecule has 7 heteroatoms. The average Bonchev–Trinajstić information content (AvgIpc) is 2.97. The van der Waals surface area contributed by atoms with Gasteiger partial charge in [0.2, 0.25) is 5.95 Å². The van der Waals surface area contributed by atoms with Gasteiger partial charge in [0.15, 0.2) is 5.82 Å². The zero-order valence-electron chi connectivity index (χ0n) is 10.6. The minimum absolute atomic E-state index is 0.278. The molecule has 3 heterocycles. The van der Waals surface area contributed by atoms with Crippen LogP contribution in [0.5, 0.6) is 0 Å². The molecule has 19 heavy (non-hydrogen) atoms. The van der Waals surface area contributed by atoms with Gasteiger partial charge in [-0.1, -0.05) is 6.07 Å². The van der Waals surface area contributed by atoms with Crippen molar-refractivity contribution >= 4 is 17.3 Å². The first kappa shape index (κ1) is 12.3. The van der Waals surface area contributed by atoms with Crippen LogP contribution in [0.3, 0.4) is 0 Å². The van der Waals surface area contributed by atoms with Crippen molar-refractivity contribution in [2.75, 3.05) is 31.2 Å². The van der Waals surface area contributed by atoms with Gasteiger partial charge in [-0.3, -0.25) is 4.57 Å². The summed E-state index contributed by atoms with van der Waals surface area (Å²) in [5.74, 6) is 1.16. The zero-order chi connectivity index (χ0) is 13.2. The Labute approximate surface area is 114 Å². The van der Waals surface area contributed by atoms with Crippen LogP contribution in [0.15, 0.2) is 22.3 Å². The lowest BCUT2D eigenvalue weighted by molar-refractivity contribution is 0.121. The molecule has 0 atom stereocenters. The Balaban J connectivity index is 2.05. The highest BCUT2D eigenvalue weighted by molar-refractivity contribution is 7.13. The van der Waals surface area contributed by atoms with Gasteiger partial charge in [-0.15, -0.1) is 11.3 Å². The molecule has 2 aromatic rings. The van der Waals surface area contributed by atoms with E-state index in [4.69, 9.17) is 4.74 Å².